The molecule has 0 atom stereocenters. The van der Waals surface area contributed by atoms with Crippen molar-refractivity contribution in [3.8, 4) is 0 Å². The molecular weight excluding hydrogens is 457 g/mol. The molecule has 0 unspecified atom stereocenters. The summed E-state index contributed by atoms with van der Waals surface area (Å²) in [4.78, 5) is 20.0. The van der Waals surface area contributed by atoms with Crippen LogP contribution < -0.4 is 9.62 Å². The van der Waals surface area contributed by atoms with Crippen LogP contribution in [0.2, 0.25) is 5.02 Å². The lowest BCUT2D eigenvalue weighted by Gasteiger charge is -2.35. The predicted molar refractivity (Wildman–Crippen MR) is 110 cm³/mol. The van der Waals surface area contributed by atoms with E-state index in [0.717, 1.165) is 12.3 Å². The number of carbonyl (C=O) groups is 1. The molecule has 3 rings (SSSR count). The molecule has 1 fully saturated rings. The Morgan fingerprint density at radius 2 is 1.77 bits per heavy atom. The Kier molecular flexibility index (Phi) is 6.77. The molecule has 1 N–H and O–H groups in total. The van der Waals surface area contributed by atoms with E-state index in [2.05, 4.69) is 9.71 Å². The van der Waals surface area contributed by atoms with Crippen molar-refractivity contribution in [2.45, 2.75) is 18.0 Å². The summed E-state index contributed by atoms with van der Waals surface area (Å²) in [5, 5.41) is -0.105. The molecule has 1 aliphatic heterocycles. The van der Waals surface area contributed by atoms with Gasteiger partial charge in [0.15, 0.2) is 0 Å². The SMILES string of the molecule is CCNS(=O)(=O)c1ccc(C(=O)N2CCN(c3ncc(C(F)(F)F)cc3Cl)CC2)cc1. The fourth-order valence-corrected chi connectivity index (χ4v) is 4.50. The molecule has 1 aromatic carbocycles. The number of rotatable bonds is 5. The molecule has 0 saturated carbocycles. The van der Waals surface area contributed by atoms with Crippen molar-refractivity contribution in [3.05, 3.63) is 52.7 Å². The Morgan fingerprint density at radius 1 is 1.16 bits per heavy atom. The summed E-state index contributed by atoms with van der Waals surface area (Å²) < 4.78 is 64.7. The second kappa shape index (κ2) is 9.01. The first kappa shape index (κ1) is 23.3. The fourth-order valence-electron chi connectivity index (χ4n) is 3.17. The molecule has 1 aromatic heterocycles. The van der Waals surface area contributed by atoms with Crippen LogP contribution in [0.4, 0.5) is 19.0 Å². The molecule has 2 aromatic rings. The monoisotopic (exact) mass is 476 g/mol. The zero-order valence-electron chi connectivity index (χ0n) is 16.5. The number of amides is 1. The molecule has 1 amide bonds. The van der Waals surface area contributed by atoms with Gasteiger partial charge >= 0.3 is 6.18 Å². The third kappa shape index (κ3) is 5.28. The van der Waals surface area contributed by atoms with Crippen LogP contribution >= 0.6 is 11.6 Å². The average Bonchev–Trinajstić information content (AvgIpc) is 2.73. The number of nitrogens with zero attached hydrogens (tertiary/aromatic N) is 3. The zero-order chi connectivity index (χ0) is 22.8. The van der Waals surface area contributed by atoms with Crippen molar-refractivity contribution in [1.29, 1.82) is 0 Å². The van der Waals surface area contributed by atoms with E-state index in [1.807, 2.05) is 0 Å². The maximum absolute atomic E-state index is 12.8. The lowest BCUT2D eigenvalue weighted by molar-refractivity contribution is -0.137. The fraction of sp³-hybridized carbons (Fsp3) is 0.368. The average molecular weight is 477 g/mol. The van der Waals surface area contributed by atoms with E-state index in [4.69, 9.17) is 11.6 Å². The van der Waals surface area contributed by atoms with Crippen molar-refractivity contribution in [2.75, 3.05) is 37.6 Å². The Hall–Kier alpha value is -2.37. The largest absolute Gasteiger partial charge is 0.417 e. The second-order valence-electron chi connectivity index (χ2n) is 6.83. The van der Waals surface area contributed by atoms with E-state index < -0.39 is 21.8 Å². The minimum atomic E-state index is -4.53. The number of anilines is 1. The van der Waals surface area contributed by atoms with Crippen molar-refractivity contribution in [2.24, 2.45) is 0 Å². The standard InChI is InChI=1S/C19H20ClF3N4O3S/c1-2-25-31(29,30)15-5-3-13(4-6-15)18(28)27-9-7-26(8-10-27)17-16(20)11-14(12-24-17)19(21,22)23/h3-6,11-12,25H,2,7-10H2,1H3. The van der Waals surface area contributed by atoms with E-state index in [0.29, 0.717) is 31.7 Å². The first-order chi connectivity index (χ1) is 14.5. The van der Waals surface area contributed by atoms with Crippen LogP contribution in [0.15, 0.2) is 41.4 Å². The number of benzene rings is 1. The highest BCUT2D eigenvalue weighted by molar-refractivity contribution is 7.89. The Morgan fingerprint density at radius 3 is 2.29 bits per heavy atom. The van der Waals surface area contributed by atoms with Crippen LogP contribution in [0.1, 0.15) is 22.8 Å². The van der Waals surface area contributed by atoms with Crippen LogP contribution in [0.3, 0.4) is 0 Å². The molecule has 12 heteroatoms. The maximum atomic E-state index is 12.8. The lowest BCUT2D eigenvalue weighted by atomic mass is 10.2. The van der Waals surface area contributed by atoms with Crippen LogP contribution in [-0.4, -0.2) is 56.9 Å². The minimum absolute atomic E-state index is 0.0683. The summed E-state index contributed by atoms with van der Waals surface area (Å²) in [6.07, 6.45) is -3.79. The Bertz CT molecular complexity index is 1050. The first-order valence-corrected chi connectivity index (χ1v) is 11.3. The third-order valence-corrected chi connectivity index (χ3v) is 6.60. The topological polar surface area (TPSA) is 82.6 Å². The lowest BCUT2D eigenvalue weighted by Crippen LogP contribution is -2.49. The van der Waals surface area contributed by atoms with Crippen LogP contribution in [-0.2, 0) is 16.2 Å². The molecular formula is C19H20ClF3N4O3S. The van der Waals surface area contributed by atoms with Gasteiger partial charge in [0, 0.05) is 44.5 Å². The van der Waals surface area contributed by atoms with Gasteiger partial charge in [-0.05, 0) is 30.3 Å². The van der Waals surface area contributed by atoms with Gasteiger partial charge in [0.05, 0.1) is 15.5 Å². The van der Waals surface area contributed by atoms with Crippen molar-refractivity contribution in [3.63, 3.8) is 0 Å². The number of alkyl halides is 3. The van der Waals surface area contributed by atoms with E-state index in [1.54, 1.807) is 16.7 Å². The maximum Gasteiger partial charge on any atom is 0.417 e. The number of pyridine rings is 1. The first-order valence-electron chi connectivity index (χ1n) is 9.39. The van der Waals surface area contributed by atoms with Crippen LogP contribution in [0.25, 0.3) is 0 Å². The summed E-state index contributed by atoms with van der Waals surface area (Å²) in [7, 11) is -3.60. The molecule has 0 aliphatic carbocycles. The van der Waals surface area contributed by atoms with Gasteiger partial charge in [-0.1, -0.05) is 18.5 Å². The van der Waals surface area contributed by atoms with Gasteiger partial charge in [0.25, 0.3) is 5.91 Å². The molecule has 0 radical (unpaired) electrons. The van der Waals surface area contributed by atoms with E-state index >= 15 is 0 Å². The number of nitrogens with one attached hydrogen (secondary N) is 1. The predicted octanol–water partition coefficient (Wildman–Crippen LogP) is 3.01. The number of hydrogen-bond donors (Lipinski definition) is 1. The second-order valence-corrected chi connectivity index (χ2v) is 9.01. The van der Waals surface area contributed by atoms with Crippen molar-refractivity contribution < 1.29 is 26.4 Å². The highest BCUT2D eigenvalue weighted by Gasteiger charge is 2.32. The number of carbonyl (C=O) groups excluding carboxylic acids is 1. The highest BCUT2D eigenvalue weighted by Crippen LogP contribution is 2.33. The van der Waals surface area contributed by atoms with Gasteiger partial charge in [-0.15, -0.1) is 0 Å². The Balaban J connectivity index is 1.65. The number of halogens is 4. The van der Waals surface area contributed by atoms with Gasteiger partial charge in [-0.2, -0.15) is 13.2 Å². The Labute approximate surface area is 182 Å². The zero-order valence-corrected chi connectivity index (χ0v) is 18.1. The van der Waals surface area contributed by atoms with Gasteiger partial charge in [0.2, 0.25) is 10.0 Å². The number of aromatic nitrogens is 1. The van der Waals surface area contributed by atoms with Gasteiger partial charge < -0.3 is 9.80 Å². The van der Waals surface area contributed by atoms with Gasteiger partial charge in [0.1, 0.15) is 5.82 Å². The van der Waals surface area contributed by atoms with Gasteiger partial charge in [-0.3, -0.25) is 4.79 Å². The molecule has 2 heterocycles. The molecule has 7 nitrogen and oxygen atoms in total. The molecule has 0 bridgehead atoms. The quantitative estimate of drug-likeness (QED) is 0.717. The molecule has 31 heavy (non-hydrogen) atoms. The molecule has 1 aliphatic rings. The van der Waals surface area contributed by atoms with Crippen molar-refractivity contribution in [1.82, 2.24) is 14.6 Å². The number of sulfonamides is 1. The normalized spacial score (nSPS) is 15.3. The number of piperazine rings is 1. The van der Waals surface area contributed by atoms with E-state index in [-0.39, 0.29) is 28.2 Å². The molecule has 1 saturated heterocycles. The summed E-state index contributed by atoms with van der Waals surface area (Å²) in [5.74, 6) is -0.0294. The van der Waals surface area contributed by atoms with Crippen LogP contribution in [0.5, 0.6) is 0 Å². The molecule has 168 valence electrons. The summed E-state index contributed by atoms with van der Waals surface area (Å²) in [6.45, 7) is 3.24. The number of hydrogen-bond acceptors (Lipinski definition) is 5. The smallest absolute Gasteiger partial charge is 0.352 e. The van der Waals surface area contributed by atoms with E-state index in [1.165, 1.54) is 24.3 Å². The van der Waals surface area contributed by atoms with Gasteiger partial charge in [-0.25, -0.2) is 18.1 Å². The summed E-state index contributed by atoms with van der Waals surface area (Å²) >= 11 is 6.00. The van der Waals surface area contributed by atoms with Crippen molar-refractivity contribution >= 4 is 33.3 Å². The van der Waals surface area contributed by atoms with E-state index in [9.17, 15) is 26.4 Å². The summed E-state index contributed by atoms with van der Waals surface area (Å²) in [6, 6.07) is 6.48. The highest BCUT2D eigenvalue weighted by atomic mass is 35.5. The van der Waals surface area contributed by atoms with Crippen LogP contribution in [0, 0.1) is 0 Å². The molecule has 0 spiro atoms. The summed E-state index contributed by atoms with van der Waals surface area (Å²) in [5.41, 5.74) is -0.579. The third-order valence-electron chi connectivity index (χ3n) is 4.76. The minimum Gasteiger partial charge on any atom is -0.352 e.